The van der Waals surface area contributed by atoms with Gasteiger partial charge in [-0.15, -0.1) is 18.3 Å². The smallest absolute Gasteiger partial charge is 0.308 e. The van der Waals surface area contributed by atoms with Crippen LogP contribution in [0.3, 0.4) is 0 Å². The van der Waals surface area contributed by atoms with E-state index in [4.69, 9.17) is 0 Å². The Morgan fingerprint density at radius 3 is 2.88 bits per heavy atom. The molecule has 0 saturated heterocycles. The molecule has 1 fully saturated rings. The van der Waals surface area contributed by atoms with Gasteiger partial charge in [0.1, 0.15) is 0 Å². The molecule has 2 rings (SSSR count). The van der Waals surface area contributed by atoms with E-state index in [1.807, 2.05) is 0 Å². The lowest BCUT2D eigenvalue weighted by atomic mass is 10.4. The first-order valence-electron chi connectivity index (χ1n) is 5.36. The zero-order valence-electron chi connectivity index (χ0n) is 9.07. The molecule has 17 heavy (non-hydrogen) atoms. The van der Waals surface area contributed by atoms with Crippen molar-refractivity contribution in [2.45, 2.75) is 38.3 Å². The fourth-order valence-electron chi connectivity index (χ4n) is 1.32. The first-order valence-corrected chi connectivity index (χ1v) is 5.36. The average molecular weight is 250 g/mol. The molecule has 1 N–H and O–H groups in total. The van der Waals surface area contributed by atoms with Gasteiger partial charge in [0.05, 0.1) is 18.8 Å². The second kappa shape index (κ2) is 5.01. The maximum atomic E-state index is 11.7. The monoisotopic (exact) mass is 250 g/mol. The largest absolute Gasteiger partial charge is 0.522 e. The summed E-state index contributed by atoms with van der Waals surface area (Å²) in [5.41, 5.74) is 0.726. The van der Waals surface area contributed by atoms with Crippen molar-refractivity contribution in [3.63, 3.8) is 0 Å². The van der Waals surface area contributed by atoms with Gasteiger partial charge in [-0.1, -0.05) is 5.21 Å². The van der Waals surface area contributed by atoms with Crippen LogP contribution in [-0.2, 0) is 17.8 Å². The minimum absolute atomic E-state index is 0.0376. The van der Waals surface area contributed by atoms with Crippen LogP contribution in [0.1, 0.15) is 18.5 Å². The Morgan fingerprint density at radius 1 is 1.47 bits per heavy atom. The van der Waals surface area contributed by atoms with Crippen molar-refractivity contribution in [1.82, 2.24) is 20.3 Å². The fraction of sp³-hybridized carbons (Fsp3) is 0.778. The lowest BCUT2D eigenvalue weighted by Crippen LogP contribution is -2.17. The fourth-order valence-corrected chi connectivity index (χ4v) is 1.32. The van der Waals surface area contributed by atoms with Gasteiger partial charge in [0, 0.05) is 18.8 Å². The van der Waals surface area contributed by atoms with Gasteiger partial charge in [-0.05, 0) is 12.8 Å². The Balaban J connectivity index is 1.69. The molecule has 1 aromatic heterocycles. The van der Waals surface area contributed by atoms with Crippen LogP contribution in [0.4, 0.5) is 13.2 Å². The molecule has 1 saturated carbocycles. The van der Waals surface area contributed by atoms with Gasteiger partial charge in [-0.3, -0.25) is 4.74 Å². The Kier molecular flexibility index (Phi) is 3.63. The van der Waals surface area contributed by atoms with Crippen LogP contribution in [0.5, 0.6) is 0 Å². The summed E-state index contributed by atoms with van der Waals surface area (Å²) < 4.78 is 40.1. The molecular formula is C9H13F3N4O. The molecule has 1 aliphatic carbocycles. The summed E-state index contributed by atoms with van der Waals surface area (Å²) in [5.74, 6) is 0. The summed E-state index contributed by atoms with van der Waals surface area (Å²) in [4.78, 5) is 0. The summed E-state index contributed by atoms with van der Waals surface area (Å²) >= 11 is 0. The number of ether oxygens (including phenoxy) is 1. The number of hydrogen-bond donors (Lipinski definition) is 1. The number of alkyl halides is 3. The third kappa shape index (κ3) is 4.70. The van der Waals surface area contributed by atoms with E-state index in [9.17, 15) is 13.2 Å². The number of halogens is 3. The predicted octanol–water partition coefficient (Wildman–Crippen LogP) is 1.07. The standard InChI is InChI=1S/C9H13F3N4O/c10-9(11,12)17-4-3-16-6-8(14-15-16)5-13-7-1-2-7/h6-7,13H,1-5H2. The Labute approximate surface area is 95.9 Å². The zero-order valence-corrected chi connectivity index (χ0v) is 9.07. The van der Waals surface area contributed by atoms with E-state index < -0.39 is 13.0 Å². The highest BCUT2D eigenvalue weighted by Crippen LogP contribution is 2.19. The van der Waals surface area contributed by atoms with Gasteiger partial charge in [-0.25, -0.2) is 4.68 Å². The normalized spacial score (nSPS) is 16.4. The minimum Gasteiger partial charge on any atom is -0.308 e. The molecule has 1 aromatic rings. The summed E-state index contributed by atoms with van der Waals surface area (Å²) in [7, 11) is 0. The van der Waals surface area contributed by atoms with Crippen molar-refractivity contribution < 1.29 is 17.9 Å². The van der Waals surface area contributed by atoms with Gasteiger partial charge in [0.2, 0.25) is 0 Å². The number of rotatable bonds is 6. The van der Waals surface area contributed by atoms with Crippen molar-refractivity contribution in [2.24, 2.45) is 0 Å². The molecule has 1 aliphatic rings. The first kappa shape index (κ1) is 12.3. The predicted molar refractivity (Wildman–Crippen MR) is 51.9 cm³/mol. The van der Waals surface area contributed by atoms with Crippen molar-refractivity contribution in [2.75, 3.05) is 6.61 Å². The molecule has 0 radical (unpaired) electrons. The van der Waals surface area contributed by atoms with E-state index in [0.717, 1.165) is 5.69 Å². The van der Waals surface area contributed by atoms with Crippen molar-refractivity contribution in [3.05, 3.63) is 11.9 Å². The molecule has 0 amide bonds. The zero-order chi connectivity index (χ0) is 12.3. The summed E-state index contributed by atoms with van der Waals surface area (Å²) in [6, 6.07) is 0.564. The van der Waals surface area contributed by atoms with Crippen LogP contribution in [0.2, 0.25) is 0 Å². The lowest BCUT2D eigenvalue weighted by molar-refractivity contribution is -0.325. The van der Waals surface area contributed by atoms with Crippen LogP contribution in [-0.4, -0.2) is 34.0 Å². The van der Waals surface area contributed by atoms with E-state index in [0.29, 0.717) is 12.6 Å². The van der Waals surface area contributed by atoms with Crippen LogP contribution in [0.25, 0.3) is 0 Å². The molecule has 0 aromatic carbocycles. The molecule has 0 atom stereocenters. The van der Waals surface area contributed by atoms with Gasteiger partial charge in [-0.2, -0.15) is 0 Å². The molecule has 0 bridgehead atoms. The summed E-state index contributed by atoms with van der Waals surface area (Å²) in [6.07, 6.45) is -0.618. The van der Waals surface area contributed by atoms with Crippen molar-refractivity contribution in [3.8, 4) is 0 Å². The summed E-state index contributed by atoms with van der Waals surface area (Å²) in [6.45, 7) is 0.184. The van der Waals surface area contributed by atoms with E-state index in [1.165, 1.54) is 17.5 Å². The third-order valence-corrected chi connectivity index (χ3v) is 2.32. The average Bonchev–Trinajstić information content (AvgIpc) is 2.95. The second-order valence-electron chi connectivity index (χ2n) is 3.92. The number of nitrogens with zero attached hydrogens (tertiary/aromatic N) is 3. The maximum Gasteiger partial charge on any atom is 0.522 e. The second-order valence-corrected chi connectivity index (χ2v) is 3.92. The molecule has 5 nitrogen and oxygen atoms in total. The van der Waals surface area contributed by atoms with E-state index in [-0.39, 0.29) is 6.54 Å². The summed E-state index contributed by atoms with van der Waals surface area (Å²) in [5, 5.41) is 10.8. The van der Waals surface area contributed by atoms with Gasteiger partial charge >= 0.3 is 6.36 Å². The molecule has 96 valence electrons. The van der Waals surface area contributed by atoms with Gasteiger partial charge in [0.15, 0.2) is 0 Å². The minimum atomic E-state index is -4.59. The van der Waals surface area contributed by atoms with Crippen LogP contribution < -0.4 is 5.32 Å². The quantitative estimate of drug-likeness (QED) is 0.820. The van der Waals surface area contributed by atoms with E-state index >= 15 is 0 Å². The lowest BCUT2D eigenvalue weighted by Gasteiger charge is -2.06. The third-order valence-electron chi connectivity index (χ3n) is 2.32. The highest BCUT2D eigenvalue weighted by atomic mass is 19.4. The van der Waals surface area contributed by atoms with Crippen molar-refractivity contribution >= 4 is 0 Å². The van der Waals surface area contributed by atoms with Crippen LogP contribution in [0.15, 0.2) is 6.20 Å². The van der Waals surface area contributed by atoms with Crippen molar-refractivity contribution in [1.29, 1.82) is 0 Å². The van der Waals surface area contributed by atoms with Gasteiger partial charge < -0.3 is 5.32 Å². The Morgan fingerprint density at radius 2 is 2.24 bits per heavy atom. The highest BCUT2D eigenvalue weighted by Gasteiger charge is 2.28. The SMILES string of the molecule is FC(F)(F)OCCn1cc(CNC2CC2)nn1. The molecule has 0 spiro atoms. The van der Waals surface area contributed by atoms with E-state index in [1.54, 1.807) is 6.20 Å². The molecule has 8 heteroatoms. The molecule has 1 heterocycles. The molecular weight excluding hydrogens is 237 g/mol. The maximum absolute atomic E-state index is 11.7. The van der Waals surface area contributed by atoms with Gasteiger partial charge in [0.25, 0.3) is 0 Å². The molecule has 0 aliphatic heterocycles. The number of nitrogens with one attached hydrogen (secondary N) is 1. The van der Waals surface area contributed by atoms with E-state index in [2.05, 4.69) is 20.4 Å². The Hall–Kier alpha value is -1.15. The highest BCUT2D eigenvalue weighted by molar-refractivity contribution is 4.94. The van der Waals surface area contributed by atoms with Crippen LogP contribution >= 0.6 is 0 Å². The first-order chi connectivity index (χ1) is 8.03. The topological polar surface area (TPSA) is 52.0 Å². The number of hydrogen-bond acceptors (Lipinski definition) is 4. The molecule has 0 unspecified atom stereocenters. The Bertz CT molecular complexity index is 361. The number of aromatic nitrogens is 3. The van der Waals surface area contributed by atoms with Crippen LogP contribution in [0, 0.1) is 0 Å².